The fourth-order valence-corrected chi connectivity index (χ4v) is 4.96. The third kappa shape index (κ3) is 2.38. The lowest BCUT2D eigenvalue weighted by Gasteiger charge is -2.16. The molecule has 1 heterocycles. The molecule has 1 aliphatic carbocycles. The zero-order chi connectivity index (χ0) is 14.3. The zero-order valence-corrected chi connectivity index (χ0v) is 14.1. The summed E-state index contributed by atoms with van der Waals surface area (Å²) in [6.07, 6.45) is 6.34. The lowest BCUT2D eigenvalue weighted by atomic mass is 10.0. The van der Waals surface area contributed by atoms with Crippen molar-refractivity contribution < 1.29 is 0 Å². The molecule has 1 aromatic carbocycles. The average molecular weight is 303 g/mol. The number of rotatable bonds is 1. The molecule has 0 saturated carbocycles. The van der Waals surface area contributed by atoms with Gasteiger partial charge in [0.15, 0.2) is 3.95 Å². The van der Waals surface area contributed by atoms with Crippen molar-refractivity contribution in [3.63, 3.8) is 0 Å². The molecule has 0 spiro atoms. The molecular formula is C17H21NS2. The summed E-state index contributed by atoms with van der Waals surface area (Å²) in [4.78, 5) is 1.52. The van der Waals surface area contributed by atoms with Gasteiger partial charge in [-0.25, -0.2) is 0 Å². The summed E-state index contributed by atoms with van der Waals surface area (Å²) in [6.45, 7) is 6.58. The molecule has 1 aromatic heterocycles. The number of hydrogen-bond acceptors (Lipinski definition) is 2. The minimum Gasteiger partial charge on any atom is -0.295 e. The van der Waals surface area contributed by atoms with E-state index in [2.05, 4.69) is 37.5 Å². The third-order valence-corrected chi connectivity index (χ3v) is 5.64. The first kappa shape index (κ1) is 14.0. The van der Waals surface area contributed by atoms with Crippen LogP contribution in [0.5, 0.6) is 0 Å². The summed E-state index contributed by atoms with van der Waals surface area (Å²) in [5.74, 6) is 0. The van der Waals surface area contributed by atoms with Crippen LogP contribution in [0.3, 0.4) is 0 Å². The highest BCUT2D eigenvalue weighted by molar-refractivity contribution is 7.73. The van der Waals surface area contributed by atoms with E-state index in [1.54, 1.807) is 0 Å². The minimum atomic E-state index is 1.02. The predicted molar refractivity (Wildman–Crippen MR) is 90.0 cm³/mol. The van der Waals surface area contributed by atoms with E-state index in [0.717, 1.165) is 3.95 Å². The van der Waals surface area contributed by atoms with Gasteiger partial charge >= 0.3 is 0 Å². The van der Waals surface area contributed by atoms with Crippen LogP contribution in [0, 0.1) is 24.7 Å². The molecule has 0 bridgehead atoms. The molecule has 106 valence electrons. The predicted octanol–water partition coefficient (Wildman–Crippen LogP) is 5.46. The molecule has 1 aliphatic rings. The highest BCUT2D eigenvalue weighted by atomic mass is 32.1. The lowest BCUT2D eigenvalue weighted by Crippen LogP contribution is -2.06. The van der Waals surface area contributed by atoms with Crippen molar-refractivity contribution in [1.29, 1.82) is 0 Å². The molecule has 0 fully saturated rings. The Kier molecular flexibility index (Phi) is 3.83. The van der Waals surface area contributed by atoms with E-state index < -0.39 is 0 Å². The van der Waals surface area contributed by atoms with Gasteiger partial charge in [-0.15, -0.1) is 11.3 Å². The van der Waals surface area contributed by atoms with E-state index in [-0.39, 0.29) is 0 Å². The quantitative estimate of drug-likeness (QED) is 0.500. The Morgan fingerprint density at radius 3 is 2.35 bits per heavy atom. The van der Waals surface area contributed by atoms with E-state index in [1.807, 2.05) is 11.3 Å². The molecule has 0 radical (unpaired) electrons. The highest BCUT2D eigenvalue weighted by Gasteiger charge is 2.18. The van der Waals surface area contributed by atoms with Crippen molar-refractivity contribution in [2.45, 2.75) is 52.9 Å². The molecule has 2 aromatic rings. The Labute approximate surface area is 130 Å². The maximum atomic E-state index is 5.68. The van der Waals surface area contributed by atoms with E-state index in [9.17, 15) is 0 Å². The summed E-state index contributed by atoms with van der Waals surface area (Å²) in [5.41, 5.74) is 6.80. The first-order valence-electron chi connectivity index (χ1n) is 7.40. The average Bonchev–Trinajstić information content (AvgIpc) is 2.55. The number of aryl methyl sites for hydroxylation is 4. The second kappa shape index (κ2) is 5.45. The van der Waals surface area contributed by atoms with Crippen molar-refractivity contribution in [3.8, 4) is 5.69 Å². The summed E-state index contributed by atoms with van der Waals surface area (Å²) in [5, 5.41) is 0. The number of aromatic nitrogens is 1. The third-order valence-electron chi connectivity index (χ3n) is 4.16. The Balaban J connectivity index is 2.26. The number of fused-ring (bicyclic) bond motifs is 1. The number of nitrogens with zero attached hydrogens (tertiary/aromatic N) is 1. The molecule has 20 heavy (non-hydrogen) atoms. The van der Waals surface area contributed by atoms with Crippen LogP contribution in [0.15, 0.2) is 12.1 Å². The standard InChI is InChI=1S/C17H21NS2/c1-11-9-12(2)16(13(3)10-11)18-14-7-5-4-6-8-15(14)20-17(18)19/h9-10H,4-8H2,1-3H3. The molecule has 0 unspecified atom stereocenters. The van der Waals surface area contributed by atoms with Crippen LogP contribution in [0.1, 0.15) is 46.5 Å². The van der Waals surface area contributed by atoms with Gasteiger partial charge < -0.3 is 0 Å². The fraction of sp³-hybridized carbons (Fsp3) is 0.471. The Hall–Kier alpha value is -0.930. The van der Waals surface area contributed by atoms with E-state index >= 15 is 0 Å². The van der Waals surface area contributed by atoms with Gasteiger partial charge in [0.2, 0.25) is 0 Å². The zero-order valence-electron chi connectivity index (χ0n) is 12.5. The Morgan fingerprint density at radius 2 is 1.65 bits per heavy atom. The van der Waals surface area contributed by atoms with Crippen molar-refractivity contribution in [2.24, 2.45) is 0 Å². The van der Waals surface area contributed by atoms with Gasteiger partial charge in [-0.3, -0.25) is 4.57 Å². The van der Waals surface area contributed by atoms with Crippen molar-refractivity contribution in [3.05, 3.63) is 43.3 Å². The second-order valence-electron chi connectivity index (χ2n) is 5.88. The SMILES string of the molecule is Cc1cc(C)c(-n2c3c(sc2=S)CCCCC3)c(C)c1. The van der Waals surface area contributed by atoms with Gasteiger partial charge in [0.05, 0.1) is 5.69 Å². The van der Waals surface area contributed by atoms with Crippen LogP contribution >= 0.6 is 23.6 Å². The van der Waals surface area contributed by atoms with E-state index in [0.29, 0.717) is 0 Å². The summed E-state index contributed by atoms with van der Waals surface area (Å²) < 4.78 is 3.39. The van der Waals surface area contributed by atoms with Gasteiger partial charge in [-0.05, 0) is 69.8 Å². The molecule has 3 heteroatoms. The summed E-state index contributed by atoms with van der Waals surface area (Å²) >= 11 is 7.50. The molecular weight excluding hydrogens is 282 g/mol. The van der Waals surface area contributed by atoms with Gasteiger partial charge in [0.25, 0.3) is 0 Å². The van der Waals surface area contributed by atoms with Gasteiger partial charge in [-0.1, -0.05) is 24.1 Å². The highest BCUT2D eigenvalue weighted by Crippen LogP contribution is 2.32. The summed E-state index contributed by atoms with van der Waals surface area (Å²) in [7, 11) is 0. The molecule has 0 aliphatic heterocycles. The number of hydrogen-bond donors (Lipinski definition) is 0. The van der Waals surface area contributed by atoms with E-state index in [1.165, 1.54) is 65.1 Å². The fourth-order valence-electron chi connectivity index (χ4n) is 3.40. The smallest absolute Gasteiger partial charge is 0.166 e. The molecule has 0 saturated heterocycles. The van der Waals surface area contributed by atoms with Crippen LogP contribution in [0.4, 0.5) is 0 Å². The van der Waals surface area contributed by atoms with Crippen molar-refractivity contribution in [2.75, 3.05) is 0 Å². The number of benzene rings is 1. The van der Waals surface area contributed by atoms with Gasteiger partial charge in [-0.2, -0.15) is 0 Å². The van der Waals surface area contributed by atoms with Crippen LogP contribution in [0.2, 0.25) is 0 Å². The molecule has 0 N–H and O–H groups in total. The van der Waals surface area contributed by atoms with E-state index in [4.69, 9.17) is 12.2 Å². The second-order valence-corrected chi connectivity index (χ2v) is 7.61. The Bertz CT molecular complexity index is 683. The van der Waals surface area contributed by atoms with Crippen molar-refractivity contribution >= 4 is 23.6 Å². The Morgan fingerprint density at radius 1 is 1.00 bits per heavy atom. The largest absolute Gasteiger partial charge is 0.295 e. The monoisotopic (exact) mass is 303 g/mol. The van der Waals surface area contributed by atoms with Gasteiger partial charge in [0, 0.05) is 10.6 Å². The van der Waals surface area contributed by atoms with Crippen LogP contribution in [-0.2, 0) is 12.8 Å². The van der Waals surface area contributed by atoms with Crippen molar-refractivity contribution in [1.82, 2.24) is 4.57 Å². The lowest BCUT2D eigenvalue weighted by molar-refractivity contribution is 0.703. The first-order chi connectivity index (χ1) is 9.58. The normalized spacial score (nSPS) is 14.9. The number of thiazole rings is 1. The van der Waals surface area contributed by atoms with Crippen LogP contribution in [-0.4, -0.2) is 4.57 Å². The van der Waals surface area contributed by atoms with Crippen LogP contribution < -0.4 is 0 Å². The molecule has 0 atom stereocenters. The summed E-state index contributed by atoms with van der Waals surface area (Å²) in [6, 6.07) is 4.54. The topological polar surface area (TPSA) is 4.93 Å². The molecule has 3 rings (SSSR count). The van der Waals surface area contributed by atoms with Crippen LogP contribution in [0.25, 0.3) is 5.69 Å². The minimum absolute atomic E-state index is 1.02. The first-order valence-corrected chi connectivity index (χ1v) is 8.62. The molecule has 0 amide bonds. The maximum Gasteiger partial charge on any atom is 0.166 e. The maximum absolute atomic E-state index is 5.68. The molecule has 1 nitrogen and oxygen atoms in total. The van der Waals surface area contributed by atoms with Gasteiger partial charge in [0.1, 0.15) is 0 Å².